The van der Waals surface area contributed by atoms with Gasteiger partial charge in [-0.25, -0.2) is 29.9 Å². The Hall–Kier alpha value is -4.38. The quantitative estimate of drug-likeness (QED) is 0.274. The molecule has 0 bridgehead atoms. The first kappa shape index (κ1) is 35.8. The van der Waals surface area contributed by atoms with Gasteiger partial charge in [0.05, 0.1) is 36.5 Å². The zero-order valence-electron chi connectivity index (χ0n) is 26.7. The summed E-state index contributed by atoms with van der Waals surface area (Å²) in [5, 5.41) is 18.2. The van der Waals surface area contributed by atoms with Crippen molar-refractivity contribution in [3.63, 3.8) is 0 Å². The van der Waals surface area contributed by atoms with Gasteiger partial charge in [-0.3, -0.25) is 0 Å². The summed E-state index contributed by atoms with van der Waals surface area (Å²) in [4.78, 5) is 24.1. The SMILES string of the molecule is CCC(CC)=C(C#N)c1cncnc1.CCC(CC)C(CN)c1cncnc1.Cc1ncc(C(C#N)=C2CCOCC2)cn1. The molecular weight excluding hydrogens is 550 g/mol. The monoisotopic (exact) mass is 595 g/mol. The van der Waals surface area contributed by atoms with Crippen LogP contribution in [0.4, 0.5) is 0 Å². The van der Waals surface area contributed by atoms with E-state index >= 15 is 0 Å². The summed E-state index contributed by atoms with van der Waals surface area (Å²) in [5.41, 5.74) is 12.3. The third-order valence-corrected chi connectivity index (χ3v) is 7.68. The highest BCUT2D eigenvalue weighted by atomic mass is 16.5. The number of ether oxygens (including phenoxy) is 1. The molecule has 1 aliphatic heterocycles. The van der Waals surface area contributed by atoms with Crippen molar-refractivity contribution in [2.75, 3.05) is 19.8 Å². The van der Waals surface area contributed by atoms with Gasteiger partial charge in [0.2, 0.25) is 0 Å². The molecule has 0 radical (unpaired) electrons. The van der Waals surface area contributed by atoms with Crippen molar-refractivity contribution in [2.24, 2.45) is 11.7 Å². The van der Waals surface area contributed by atoms with Crippen LogP contribution >= 0.6 is 0 Å². The summed E-state index contributed by atoms with van der Waals surface area (Å²) >= 11 is 0. The summed E-state index contributed by atoms with van der Waals surface area (Å²) in [6.07, 6.45) is 19.3. The largest absolute Gasteiger partial charge is 0.381 e. The molecule has 4 heterocycles. The lowest BCUT2D eigenvalue weighted by Crippen LogP contribution is -2.21. The fourth-order valence-electron chi connectivity index (χ4n) is 5.08. The number of nitrogens with two attached hydrogens (primary N) is 1. The van der Waals surface area contributed by atoms with Crippen LogP contribution in [0.3, 0.4) is 0 Å². The molecule has 3 aromatic rings. The normalized spacial score (nSPS) is 12.8. The molecule has 1 saturated heterocycles. The van der Waals surface area contributed by atoms with Gasteiger partial charge in [-0.1, -0.05) is 46.1 Å². The minimum absolute atomic E-state index is 0.409. The number of nitriles is 2. The van der Waals surface area contributed by atoms with Gasteiger partial charge in [0.15, 0.2) is 0 Å². The average molecular weight is 596 g/mol. The summed E-state index contributed by atoms with van der Waals surface area (Å²) in [6.45, 7) is 12.4. The van der Waals surface area contributed by atoms with Gasteiger partial charge in [-0.2, -0.15) is 10.5 Å². The van der Waals surface area contributed by atoms with E-state index in [4.69, 9.17) is 15.7 Å². The van der Waals surface area contributed by atoms with E-state index in [9.17, 15) is 5.26 Å². The Morgan fingerprint density at radius 1 is 0.818 bits per heavy atom. The summed E-state index contributed by atoms with van der Waals surface area (Å²) in [6, 6.07) is 4.47. The predicted molar refractivity (Wildman–Crippen MR) is 172 cm³/mol. The maximum atomic E-state index is 9.20. The Labute approximate surface area is 262 Å². The fraction of sp³-hybridized carbons (Fsp3) is 0.471. The number of aromatic nitrogens is 6. The fourth-order valence-corrected chi connectivity index (χ4v) is 5.08. The van der Waals surface area contributed by atoms with Crippen molar-refractivity contribution in [2.45, 2.75) is 79.1 Å². The van der Waals surface area contributed by atoms with Crippen LogP contribution < -0.4 is 5.73 Å². The van der Waals surface area contributed by atoms with Crippen LogP contribution in [0.25, 0.3) is 11.1 Å². The van der Waals surface area contributed by atoms with Crippen molar-refractivity contribution >= 4 is 11.1 Å². The first-order valence-corrected chi connectivity index (χ1v) is 15.3. The molecule has 4 rings (SSSR count). The van der Waals surface area contributed by atoms with Crippen LogP contribution in [0.1, 0.15) is 94.7 Å². The van der Waals surface area contributed by atoms with Gasteiger partial charge >= 0.3 is 0 Å². The lowest BCUT2D eigenvalue weighted by atomic mass is 9.84. The van der Waals surface area contributed by atoms with Gasteiger partial charge in [-0.15, -0.1) is 0 Å². The lowest BCUT2D eigenvalue weighted by molar-refractivity contribution is 0.119. The highest BCUT2D eigenvalue weighted by molar-refractivity contribution is 5.79. The molecule has 44 heavy (non-hydrogen) atoms. The second kappa shape index (κ2) is 20.5. The third-order valence-electron chi connectivity index (χ3n) is 7.68. The maximum absolute atomic E-state index is 9.20. The molecule has 0 spiro atoms. The molecule has 0 amide bonds. The molecule has 0 saturated carbocycles. The van der Waals surface area contributed by atoms with Crippen LogP contribution in [0.2, 0.25) is 0 Å². The predicted octanol–water partition coefficient (Wildman–Crippen LogP) is 6.40. The lowest BCUT2D eigenvalue weighted by Gasteiger charge is -2.23. The van der Waals surface area contributed by atoms with Gasteiger partial charge in [-0.05, 0) is 56.2 Å². The number of aryl methyl sites for hydroxylation is 1. The van der Waals surface area contributed by atoms with Crippen molar-refractivity contribution in [1.82, 2.24) is 29.9 Å². The summed E-state index contributed by atoms with van der Waals surface area (Å²) in [5.74, 6) is 1.77. The minimum Gasteiger partial charge on any atom is -0.381 e. The summed E-state index contributed by atoms with van der Waals surface area (Å²) in [7, 11) is 0. The van der Waals surface area contributed by atoms with E-state index in [1.54, 1.807) is 31.1 Å². The molecular formula is C34H45N9O. The first-order chi connectivity index (χ1) is 21.5. The molecule has 0 aromatic carbocycles. The number of hydrogen-bond acceptors (Lipinski definition) is 10. The van der Waals surface area contributed by atoms with Crippen molar-refractivity contribution in [3.8, 4) is 12.1 Å². The standard InChI is InChI=1S/C12H13N3O.C11H19N3.C11H13N3/c1-9-14-7-11(8-15-9)12(6-13)10-2-4-16-5-3-10;2*1-3-9(4-2)11(5-12)10-6-13-8-14-7-10/h7-8H,2-5H2,1H3;6-9,11H,3-5,12H2,1-2H3;6-8H,3-4H2,1-2H3. The molecule has 0 aliphatic carbocycles. The Morgan fingerprint density at radius 3 is 1.82 bits per heavy atom. The van der Waals surface area contributed by atoms with Crippen molar-refractivity contribution < 1.29 is 4.74 Å². The molecule has 10 nitrogen and oxygen atoms in total. The smallest absolute Gasteiger partial charge is 0.125 e. The van der Waals surface area contributed by atoms with Gasteiger partial charge in [0, 0.05) is 54.2 Å². The number of allylic oxidation sites excluding steroid dienone is 3. The topological polar surface area (TPSA) is 160 Å². The summed E-state index contributed by atoms with van der Waals surface area (Å²) < 4.78 is 5.27. The molecule has 3 aromatic heterocycles. The molecule has 1 fully saturated rings. The Kier molecular flexibility index (Phi) is 16.7. The molecule has 232 valence electrons. The van der Waals surface area contributed by atoms with Crippen molar-refractivity contribution in [3.05, 3.63) is 83.5 Å². The second-order valence-electron chi connectivity index (χ2n) is 10.2. The molecule has 2 N–H and O–H groups in total. The van der Waals surface area contributed by atoms with E-state index in [0.717, 1.165) is 72.2 Å². The molecule has 1 aliphatic rings. The average Bonchev–Trinajstić information content (AvgIpc) is 3.09. The minimum atomic E-state index is 0.409. The number of rotatable bonds is 9. The Morgan fingerprint density at radius 2 is 1.36 bits per heavy atom. The van der Waals surface area contributed by atoms with E-state index < -0.39 is 0 Å². The first-order valence-electron chi connectivity index (χ1n) is 15.3. The van der Waals surface area contributed by atoms with Gasteiger partial charge < -0.3 is 10.5 Å². The Balaban J connectivity index is 0.000000231. The maximum Gasteiger partial charge on any atom is 0.125 e. The van der Waals surface area contributed by atoms with E-state index in [0.29, 0.717) is 37.2 Å². The molecule has 10 heteroatoms. The van der Waals surface area contributed by atoms with E-state index in [1.165, 1.54) is 11.9 Å². The van der Waals surface area contributed by atoms with Crippen LogP contribution in [0.15, 0.2) is 61.0 Å². The number of hydrogen-bond donors (Lipinski definition) is 1. The van der Waals surface area contributed by atoms with Crippen LogP contribution in [0.5, 0.6) is 0 Å². The van der Waals surface area contributed by atoms with Gasteiger partial charge in [0.1, 0.15) is 18.5 Å². The van der Waals surface area contributed by atoms with Gasteiger partial charge in [0.25, 0.3) is 0 Å². The second-order valence-corrected chi connectivity index (χ2v) is 10.2. The highest BCUT2D eigenvalue weighted by Crippen LogP contribution is 2.28. The van der Waals surface area contributed by atoms with Crippen molar-refractivity contribution in [1.29, 1.82) is 10.5 Å². The molecule has 1 atom stereocenters. The van der Waals surface area contributed by atoms with E-state index in [-0.39, 0.29) is 0 Å². The number of nitrogens with zero attached hydrogens (tertiary/aromatic N) is 8. The Bertz CT molecular complexity index is 1370. The third kappa shape index (κ3) is 11.0. The highest BCUT2D eigenvalue weighted by Gasteiger charge is 2.19. The molecule has 1 unspecified atom stereocenters. The zero-order chi connectivity index (χ0) is 32.2. The van der Waals surface area contributed by atoms with Crippen LogP contribution in [0, 0.1) is 35.5 Å². The van der Waals surface area contributed by atoms with Crippen LogP contribution in [-0.4, -0.2) is 49.7 Å². The van der Waals surface area contributed by atoms with Crippen LogP contribution in [-0.2, 0) is 4.74 Å². The van der Waals surface area contributed by atoms with E-state index in [1.807, 2.05) is 19.3 Å². The zero-order valence-corrected chi connectivity index (χ0v) is 26.7. The van der Waals surface area contributed by atoms with E-state index in [2.05, 4.69) is 69.7 Å².